The van der Waals surface area contributed by atoms with Crippen LogP contribution in [0.3, 0.4) is 0 Å². The third-order valence-corrected chi connectivity index (χ3v) is 6.11. The van der Waals surface area contributed by atoms with E-state index in [0.29, 0.717) is 27.7 Å². The topological polar surface area (TPSA) is 55.1 Å². The van der Waals surface area contributed by atoms with Crippen LogP contribution in [0, 0.1) is 0 Å². The molecule has 0 bridgehead atoms. The second kappa shape index (κ2) is 7.15. The lowest BCUT2D eigenvalue weighted by Gasteiger charge is -2.17. The highest BCUT2D eigenvalue weighted by Gasteiger charge is 2.18. The predicted octanol–water partition coefficient (Wildman–Crippen LogP) is 4.17. The van der Waals surface area contributed by atoms with Gasteiger partial charge in [-0.05, 0) is 25.5 Å². The Morgan fingerprint density at radius 3 is 2.72 bits per heavy atom. The molecule has 0 spiro atoms. The molecule has 0 aliphatic carbocycles. The number of hydrogen-bond donors (Lipinski definition) is 1. The smallest absolute Gasteiger partial charge is 0.272 e. The Balaban J connectivity index is 2.11. The average molecular weight is 373 g/mol. The van der Waals surface area contributed by atoms with Crippen LogP contribution in [0.5, 0.6) is 0 Å². The van der Waals surface area contributed by atoms with Crippen LogP contribution in [0.1, 0.15) is 13.8 Å². The summed E-state index contributed by atoms with van der Waals surface area (Å²) >= 11 is 2.85. The number of hydrogen-bond acceptors (Lipinski definition) is 5. The van der Waals surface area contributed by atoms with Crippen molar-refractivity contribution in [1.82, 2.24) is 9.55 Å². The van der Waals surface area contributed by atoms with Gasteiger partial charge in [0.05, 0.1) is 11.1 Å². The molecule has 3 aromatic rings. The van der Waals surface area contributed by atoms with E-state index in [9.17, 15) is 9.90 Å². The second-order valence-corrected chi connectivity index (χ2v) is 8.39. The van der Waals surface area contributed by atoms with Crippen LogP contribution >= 0.6 is 23.1 Å². The molecule has 0 fully saturated rings. The van der Waals surface area contributed by atoms with Gasteiger partial charge in [-0.3, -0.25) is 9.36 Å². The van der Waals surface area contributed by atoms with Crippen molar-refractivity contribution >= 4 is 33.3 Å². The summed E-state index contributed by atoms with van der Waals surface area (Å²) in [5.74, 6) is 0.456. The Hall–Kier alpha value is -1.89. The largest absolute Gasteiger partial charge is 0.390 e. The first kappa shape index (κ1) is 17.9. The van der Waals surface area contributed by atoms with Crippen LogP contribution in [-0.4, -0.2) is 26.0 Å². The molecule has 6 heteroatoms. The fourth-order valence-electron chi connectivity index (χ4n) is 2.38. The molecular formula is C19H20N2O2S2. The van der Waals surface area contributed by atoms with E-state index in [4.69, 9.17) is 0 Å². The Morgan fingerprint density at radius 1 is 1.36 bits per heavy atom. The van der Waals surface area contributed by atoms with Crippen molar-refractivity contribution < 1.29 is 5.11 Å². The van der Waals surface area contributed by atoms with E-state index in [0.717, 1.165) is 10.4 Å². The third-order valence-electron chi connectivity index (χ3n) is 3.52. The highest BCUT2D eigenvalue weighted by molar-refractivity contribution is 7.99. The molecule has 0 amide bonds. The SMILES string of the molecule is C=CCn1c(SCC(C)(C)O)nc2cc(-c3ccccc3)sc2c1=O. The van der Waals surface area contributed by atoms with Crippen molar-refractivity contribution in [2.24, 2.45) is 0 Å². The molecule has 2 aromatic heterocycles. The molecule has 0 unspecified atom stereocenters. The normalized spacial score (nSPS) is 11.8. The number of thioether (sulfide) groups is 1. The molecule has 4 nitrogen and oxygen atoms in total. The number of rotatable bonds is 6. The van der Waals surface area contributed by atoms with Crippen LogP contribution in [-0.2, 0) is 6.54 Å². The quantitative estimate of drug-likeness (QED) is 0.401. The first-order chi connectivity index (χ1) is 11.9. The van der Waals surface area contributed by atoms with Crippen molar-refractivity contribution in [2.45, 2.75) is 31.1 Å². The highest BCUT2D eigenvalue weighted by Crippen LogP contribution is 2.32. The molecule has 0 aliphatic rings. The molecule has 130 valence electrons. The van der Waals surface area contributed by atoms with Crippen LogP contribution in [0.25, 0.3) is 20.7 Å². The van der Waals surface area contributed by atoms with Crippen molar-refractivity contribution in [3.8, 4) is 10.4 Å². The van der Waals surface area contributed by atoms with E-state index in [-0.39, 0.29) is 5.56 Å². The fraction of sp³-hybridized carbons (Fsp3) is 0.263. The summed E-state index contributed by atoms with van der Waals surface area (Å²) in [4.78, 5) is 18.6. The summed E-state index contributed by atoms with van der Waals surface area (Å²) < 4.78 is 2.27. The number of thiophene rings is 1. The van der Waals surface area contributed by atoms with Gasteiger partial charge in [-0.15, -0.1) is 17.9 Å². The average Bonchev–Trinajstić information content (AvgIpc) is 3.00. The van der Waals surface area contributed by atoms with Gasteiger partial charge in [-0.2, -0.15) is 0 Å². The number of aromatic nitrogens is 2. The zero-order valence-corrected chi connectivity index (χ0v) is 15.9. The molecule has 0 saturated heterocycles. The Labute approximate surface area is 154 Å². The van der Waals surface area contributed by atoms with Gasteiger partial charge < -0.3 is 5.11 Å². The molecule has 0 aliphatic heterocycles. The summed E-state index contributed by atoms with van der Waals surface area (Å²) in [6, 6.07) is 11.9. The minimum Gasteiger partial charge on any atom is -0.390 e. The van der Waals surface area contributed by atoms with Gasteiger partial charge in [0, 0.05) is 17.2 Å². The van der Waals surface area contributed by atoms with Gasteiger partial charge in [0.15, 0.2) is 5.16 Å². The van der Waals surface area contributed by atoms with E-state index in [1.165, 1.54) is 23.1 Å². The summed E-state index contributed by atoms with van der Waals surface area (Å²) in [6.07, 6.45) is 1.69. The maximum absolute atomic E-state index is 12.9. The van der Waals surface area contributed by atoms with Gasteiger partial charge in [0.1, 0.15) is 4.70 Å². The minimum atomic E-state index is -0.833. The van der Waals surface area contributed by atoms with Crippen LogP contribution < -0.4 is 5.56 Å². The van der Waals surface area contributed by atoms with Gasteiger partial charge in [-0.25, -0.2) is 4.98 Å². The Morgan fingerprint density at radius 2 is 2.08 bits per heavy atom. The fourth-order valence-corrected chi connectivity index (χ4v) is 4.39. The monoisotopic (exact) mass is 372 g/mol. The molecule has 0 saturated carbocycles. The van der Waals surface area contributed by atoms with Crippen LogP contribution in [0.4, 0.5) is 0 Å². The van der Waals surface area contributed by atoms with E-state index in [2.05, 4.69) is 11.6 Å². The number of allylic oxidation sites excluding steroid dienone is 1. The van der Waals surface area contributed by atoms with E-state index < -0.39 is 5.60 Å². The summed E-state index contributed by atoms with van der Waals surface area (Å²) in [5.41, 5.74) is 0.883. The maximum atomic E-state index is 12.9. The van der Waals surface area contributed by atoms with Crippen molar-refractivity contribution in [2.75, 3.05) is 5.75 Å². The number of aliphatic hydroxyl groups is 1. The molecule has 25 heavy (non-hydrogen) atoms. The summed E-state index contributed by atoms with van der Waals surface area (Å²) in [5, 5.41) is 10.6. The van der Waals surface area contributed by atoms with Gasteiger partial charge in [0.2, 0.25) is 0 Å². The molecule has 3 rings (SSSR count). The maximum Gasteiger partial charge on any atom is 0.272 e. The van der Waals surface area contributed by atoms with Crippen molar-refractivity contribution in [1.29, 1.82) is 0 Å². The highest BCUT2D eigenvalue weighted by atomic mass is 32.2. The summed E-state index contributed by atoms with van der Waals surface area (Å²) in [7, 11) is 0. The molecule has 1 N–H and O–H groups in total. The standard InChI is InChI=1S/C19H20N2O2S2/c1-4-10-21-17(22)16-14(20-18(21)24-12-19(2,3)23)11-15(25-16)13-8-6-5-7-9-13/h4-9,11,23H,1,10,12H2,2-3H3. The van der Waals surface area contributed by atoms with Gasteiger partial charge in [-0.1, -0.05) is 48.2 Å². The number of nitrogens with zero attached hydrogens (tertiary/aromatic N) is 2. The van der Waals surface area contributed by atoms with Gasteiger partial charge >= 0.3 is 0 Å². The molecule has 2 heterocycles. The lowest BCUT2D eigenvalue weighted by atomic mass is 10.2. The molecule has 0 atom stereocenters. The third kappa shape index (κ3) is 4.03. The molecule has 1 aromatic carbocycles. The first-order valence-corrected chi connectivity index (χ1v) is 9.75. The van der Waals surface area contributed by atoms with Crippen LogP contribution in [0.15, 0.2) is 59.0 Å². The van der Waals surface area contributed by atoms with E-state index >= 15 is 0 Å². The van der Waals surface area contributed by atoms with Crippen LogP contribution in [0.2, 0.25) is 0 Å². The molecular weight excluding hydrogens is 352 g/mol. The van der Waals surface area contributed by atoms with Crippen molar-refractivity contribution in [3.63, 3.8) is 0 Å². The van der Waals surface area contributed by atoms with E-state index in [1.807, 2.05) is 36.4 Å². The van der Waals surface area contributed by atoms with Gasteiger partial charge in [0.25, 0.3) is 5.56 Å². The zero-order valence-electron chi connectivity index (χ0n) is 14.2. The lowest BCUT2D eigenvalue weighted by Crippen LogP contribution is -2.25. The predicted molar refractivity (Wildman–Crippen MR) is 107 cm³/mol. The zero-order chi connectivity index (χ0) is 18.0. The lowest BCUT2D eigenvalue weighted by molar-refractivity contribution is 0.107. The number of benzene rings is 1. The first-order valence-electron chi connectivity index (χ1n) is 7.95. The number of fused-ring (bicyclic) bond motifs is 1. The summed E-state index contributed by atoms with van der Waals surface area (Å²) in [6.45, 7) is 7.62. The van der Waals surface area contributed by atoms with E-state index in [1.54, 1.807) is 24.5 Å². The Bertz CT molecular complexity index is 953. The van der Waals surface area contributed by atoms with Crippen molar-refractivity contribution in [3.05, 3.63) is 59.4 Å². The second-order valence-electron chi connectivity index (χ2n) is 6.39. The molecule has 0 radical (unpaired) electrons. The minimum absolute atomic E-state index is 0.0599. The Kier molecular flexibility index (Phi) is 5.13.